The third-order valence-electron chi connectivity index (χ3n) is 3.57. The first-order valence-corrected chi connectivity index (χ1v) is 8.27. The van der Waals surface area contributed by atoms with Gasteiger partial charge in [0.2, 0.25) is 0 Å². The first-order chi connectivity index (χ1) is 12.1. The second kappa shape index (κ2) is 7.40. The molecule has 1 aliphatic heterocycles. The van der Waals surface area contributed by atoms with Crippen LogP contribution in [-0.4, -0.2) is 29.8 Å². The number of methoxy groups -OCH3 is 1. The Morgan fingerprint density at radius 1 is 1.12 bits per heavy atom. The Morgan fingerprint density at radius 2 is 1.80 bits per heavy atom. The molecule has 1 heterocycles. The summed E-state index contributed by atoms with van der Waals surface area (Å²) in [5.74, 6) is 0.00771. The molecule has 1 aliphatic rings. The Balaban J connectivity index is 1.68. The summed E-state index contributed by atoms with van der Waals surface area (Å²) in [6, 6.07) is 12.9. The Labute approximate surface area is 148 Å². The minimum absolute atomic E-state index is 0.0241. The van der Waals surface area contributed by atoms with Gasteiger partial charge in [-0.25, -0.2) is 4.39 Å². The number of ether oxygens (including phenoxy) is 1. The van der Waals surface area contributed by atoms with Gasteiger partial charge in [0.15, 0.2) is 0 Å². The first-order valence-electron chi connectivity index (χ1n) is 7.45. The largest absolute Gasteiger partial charge is 0.497 e. The summed E-state index contributed by atoms with van der Waals surface area (Å²) in [6.45, 7) is 0.0241. The van der Waals surface area contributed by atoms with Crippen LogP contribution in [0.15, 0.2) is 53.4 Å². The Kier molecular flexibility index (Phi) is 5.04. The molecule has 0 atom stereocenters. The highest BCUT2D eigenvalue weighted by atomic mass is 32.2. The minimum Gasteiger partial charge on any atom is -0.497 e. The van der Waals surface area contributed by atoms with Crippen molar-refractivity contribution in [2.45, 2.75) is 0 Å². The maximum absolute atomic E-state index is 12.9. The van der Waals surface area contributed by atoms with Gasteiger partial charge in [-0.05, 0) is 59.8 Å². The Bertz CT molecular complexity index is 819. The van der Waals surface area contributed by atoms with Gasteiger partial charge in [0.1, 0.15) is 11.6 Å². The lowest BCUT2D eigenvalue weighted by molar-refractivity contribution is -0.122. The summed E-state index contributed by atoms with van der Waals surface area (Å²) >= 11 is 0.891. The topological polar surface area (TPSA) is 58.6 Å². The predicted octanol–water partition coefficient (Wildman–Crippen LogP) is 3.94. The van der Waals surface area contributed by atoms with Crippen molar-refractivity contribution in [1.29, 1.82) is 0 Å². The number of carbonyl (C=O) groups excluding carboxylic acids is 2. The fraction of sp³-hybridized carbons (Fsp3) is 0.111. The molecule has 1 N–H and O–H groups in total. The summed E-state index contributed by atoms with van der Waals surface area (Å²) in [7, 11) is 1.58. The van der Waals surface area contributed by atoms with Crippen molar-refractivity contribution in [3.8, 4) is 5.75 Å². The van der Waals surface area contributed by atoms with Crippen LogP contribution in [0.25, 0.3) is 6.08 Å². The first kappa shape index (κ1) is 17.0. The van der Waals surface area contributed by atoms with Crippen molar-refractivity contribution >= 4 is 34.7 Å². The maximum atomic E-state index is 12.9. The van der Waals surface area contributed by atoms with Crippen LogP contribution in [0.3, 0.4) is 0 Å². The van der Waals surface area contributed by atoms with Gasteiger partial charge in [-0.2, -0.15) is 0 Å². The molecule has 2 aromatic rings. The summed E-state index contributed by atoms with van der Waals surface area (Å²) in [5.41, 5.74) is 1.43. The highest BCUT2D eigenvalue weighted by Gasteiger charge is 2.34. The van der Waals surface area contributed by atoms with E-state index in [1.807, 2.05) is 12.1 Å². The van der Waals surface area contributed by atoms with Gasteiger partial charge in [0.05, 0.1) is 18.7 Å². The van der Waals surface area contributed by atoms with E-state index in [1.54, 1.807) is 37.5 Å². The molecule has 0 radical (unpaired) electrons. The second-order valence-electron chi connectivity index (χ2n) is 5.22. The van der Waals surface area contributed by atoms with Crippen LogP contribution in [0.2, 0.25) is 0 Å². The molecule has 0 bridgehead atoms. The number of hydrogen-bond acceptors (Lipinski definition) is 5. The molecule has 2 aromatic carbocycles. The summed E-state index contributed by atoms with van der Waals surface area (Å²) < 4.78 is 18.0. The van der Waals surface area contributed by atoms with E-state index in [9.17, 15) is 14.0 Å². The van der Waals surface area contributed by atoms with Crippen molar-refractivity contribution in [2.75, 3.05) is 19.1 Å². The normalized spacial score (nSPS) is 15.8. The van der Waals surface area contributed by atoms with Crippen LogP contribution in [0, 0.1) is 5.82 Å². The number of halogens is 1. The predicted molar refractivity (Wildman–Crippen MR) is 95.7 cm³/mol. The number of nitrogens with one attached hydrogen (secondary N) is 1. The Morgan fingerprint density at radius 3 is 2.44 bits per heavy atom. The third kappa shape index (κ3) is 4.00. The van der Waals surface area contributed by atoms with Gasteiger partial charge in [-0.3, -0.25) is 14.5 Å². The van der Waals surface area contributed by atoms with Crippen LogP contribution < -0.4 is 10.1 Å². The summed E-state index contributed by atoms with van der Waals surface area (Å²) in [5, 5.41) is 2.59. The van der Waals surface area contributed by atoms with E-state index in [0.717, 1.165) is 22.2 Å². The molecule has 2 amide bonds. The number of thioether (sulfide) groups is 1. The lowest BCUT2D eigenvalue weighted by atomic mass is 10.2. The quantitative estimate of drug-likeness (QED) is 0.821. The number of amides is 2. The third-order valence-corrected chi connectivity index (χ3v) is 4.48. The average Bonchev–Trinajstić information content (AvgIpc) is 2.89. The molecular formula is C18H15FN2O3S. The number of nitrogens with zero attached hydrogens (tertiary/aromatic N) is 1. The van der Waals surface area contributed by atoms with Crippen molar-refractivity contribution in [2.24, 2.45) is 0 Å². The molecule has 3 rings (SSSR count). The van der Waals surface area contributed by atoms with Crippen molar-refractivity contribution in [3.63, 3.8) is 0 Å². The second-order valence-corrected chi connectivity index (χ2v) is 6.22. The molecule has 1 fully saturated rings. The van der Waals surface area contributed by atoms with Crippen LogP contribution in [0.4, 0.5) is 14.9 Å². The van der Waals surface area contributed by atoms with Gasteiger partial charge < -0.3 is 10.1 Å². The average molecular weight is 358 g/mol. The van der Waals surface area contributed by atoms with Gasteiger partial charge >= 0.3 is 0 Å². The molecule has 1 saturated heterocycles. The van der Waals surface area contributed by atoms with Crippen LogP contribution in [0.5, 0.6) is 5.75 Å². The smallest absolute Gasteiger partial charge is 0.295 e. The SMILES string of the molecule is COc1ccc(/C=C2\SC(=O)N(CNc3ccc(F)cc3)C2=O)cc1. The van der Waals surface area contributed by atoms with Gasteiger partial charge in [0.25, 0.3) is 11.1 Å². The van der Waals surface area contributed by atoms with E-state index >= 15 is 0 Å². The zero-order chi connectivity index (χ0) is 17.8. The van der Waals surface area contributed by atoms with E-state index in [2.05, 4.69) is 5.32 Å². The molecular weight excluding hydrogens is 343 g/mol. The van der Waals surface area contributed by atoms with Crippen molar-refractivity contribution in [3.05, 3.63) is 64.8 Å². The molecule has 0 spiro atoms. The summed E-state index contributed by atoms with van der Waals surface area (Å²) in [4.78, 5) is 26.0. The molecule has 128 valence electrons. The minimum atomic E-state index is -0.361. The maximum Gasteiger partial charge on any atom is 0.295 e. The van der Waals surface area contributed by atoms with E-state index in [4.69, 9.17) is 4.74 Å². The van der Waals surface area contributed by atoms with Crippen LogP contribution in [0.1, 0.15) is 5.56 Å². The highest BCUT2D eigenvalue weighted by molar-refractivity contribution is 8.18. The van der Waals surface area contributed by atoms with Crippen LogP contribution in [-0.2, 0) is 4.79 Å². The van der Waals surface area contributed by atoms with E-state index in [-0.39, 0.29) is 23.6 Å². The van der Waals surface area contributed by atoms with Crippen LogP contribution >= 0.6 is 11.8 Å². The van der Waals surface area contributed by atoms with E-state index in [0.29, 0.717) is 16.3 Å². The number of anilines is 1. The van der Waals surface area contributed by atoms with Gasteiger partial charge in [-0.1, -0.05) is 12.1 Å². The van der Waals surface area contributed by atoms with Gasteiger partial charge in [0, 0.05) is 5.69 Å². The molecule has 5 nitrogen and oxygen atoms in total. The zero-order valence-corrected chi connectivity index (χ0v) is 14.2. The fourth-order valence-corrected chi connectivity index (χ4v) is 3.06. The monoisotopic (exact) mass is 358 g/mol. The van der Waals surface area contributed by atoms with E-state index in [1.165, 1.54) is 12.1 Å². The fourth-order valence-electron chi connectivity index (χ4n) is 2.23. The number of hydrogen-bond donors (Lipinski definition) is 1. The van der Waals surface area contributed by atoms with Gasteiger partial charge in [-0.15, -0.1) is 0 Å². The number of rotatable bonds is 5. The van der Waals surface area contributed by atoms with Crippen molar-refractivity contribution in [1.82, 2.24) is 4.90 Å². The standard InChI is InChI=1S/C18H15FN2O3S/c1-24-15-8-2-12(3-9-15)10-16-17(22)21(18(23)25-16)11-20-14-6-4-13(19)5-7-14/h2-10,20H,11H2,1H3/b16-10-. The molecule has 0 saturated carbocycles. The van der Waals surface area contributed by atoms with Crippen molar-refractivity contribution < 1.29 is 18.7 Å². The number of imide groups is 1. The molecule has 25 heavy (non-hydrogen) atoms. The molecule has 0 aromatic heterocycles. The molecule has 7 heteroatoms. The zero-order valence-electron chi connectivity index (χ0n) is 13.4. The highest BCUT2D eigenvalue weighted by Crippen LogP contribution is 2.32. The number of carbonyl (C=O) groups is 2. The number of benzene rings is 2. The lowest BCUT2D eigenvalue weighted by Crippen LogP contribution is -2.33. The van der Waals surface area contributed by atoms with E-state index < -0.39 is 0 Å². The Hall–Kier alpha value is -2.80. The summed E-state index contributed by atoms with van der Waals surface area (Å²) in [6.07, 6.45) is 1.67. The molecule has 0 aliphatic carbocycles. The lowest BCUT2D eigenvalue weighted by Gasteiger charge is -2.14. The molecule has 0 unspecified atom stereocenters.